The molecule has 0 aliphatic heterocycles. The van der Waals surface area contributed by atoms with E-state index in [-0.39, 0.29) is 0 Å². The molecule has 0 heterocycles. The first-order chi connectivity index (χ1) is 31.2. The van der Waals surface area contributed by atoms with Crippen LogP contribution in [0.4, 0.5) is 0 Å². The number of rotatable bonds is 58. The van der Waals surface area contributed by atoms with Gasteiger partial charge in [0.05, 0.1) is 19.8 Å². The lowest BCUT2D eigenvalue weighted by Gasteiger charge is -2.18. The third-order valence-corrected chi connectivity index (χ3v) is 15.2. The second kappa shape index (κ2) is 56.4. The lowest BCUT2D eigenvalue weighted by atomic mass is 10.0. The molecule has 63 heavy (non-hydrogen) atoms. The molecule has 0 aromatic carbocycles. The van der Waals surface area contributed by atoms with Gasteiger partial charge in [0.1, 0.15) is 0 Å². The van der Waals surface area contributed by atoms with E-state index in [0.717, 1.165) is 38.5 Å². The van der Waals surface area contributed by atoms with E-state index in [4.69, 9.17) is 13.6 Å². The van der Waals surface area contributed by atoms with Crippen LogP contribution in [0.3, 0.4) is 0 Å². The van der Waals surface area contributed by atoms with Crippen LogP contribution >= 0.6 is 7.82 Å². The van der Waals surface area contributed by atoms with E-state index in [0.29, 0.717) is 19.8 Å². The standard InChI is InChI=1S/C58H119O4P/c1-4-7-10-13-16-19-22-25-28-29-30-31-32-33-34-35-36-37-40-43-46-49-52-55-58-62-63(59,60-56-53-50-47-44-41-38-26-23-20-17-14-11-8-5-2)61-57-54-51-48-45-42-39-27-24-21-18-15-12-9-6-3/h4-58H2,1-3H3. The zero-order valence-corrected chi connectivity index (χ0v) is 44.9. The van der Waals surface area contributed by atoms with Crippen LogP contribution in [-0.4, -0.2) is 19.8 Å². The molecule has 0 aliphatic rings. The third-order valence-electron chi connectivity index (χ3n) is 13.7. The van der Waals surface area contributed by atoms with Crippen LogP contribution in [0.5, 0.6) is 0 Å². The van der Waals surface area contributed by atoms with Crippen molar-refractivity contribution in [2.24, 2.45) is 0 Å². The maximum atomic E-state index is 13.6. The molecular weight excluding hydrogens is 792 g/mol. The summed E-state index contributed by atoms with van der Waals surface area (Å²) in [6, 6.07) is 0. The molecule has 0 aromatic heterocycles. The van der Waals surface area contributed by atoms with Crippen LogP contribution in [-0.2, 0) is 18.1 Å². The first kappa shape index (κ1) is 63.1. The summed E-state index contributed by atoms with van der Waals surface area (Å²) in [4.78, 5) is 0. The van der Waals surface area contributed by atoms with Crippen molar-refractivity contribution in [2.45, 2.75) is 355 Å². The number of phosphoric acid groups is 1. The lowest BCUT2D eigenvalue weighted by Crippen LogP contribution is -2.04. The normalized spacial score (nSPS) is 12.0. The summed E-state index contributed by atoms with van der Waals surface area (Å²) < 4.78 is 31.4. The Morgan fingerprint density at radius 2 is 0.302 bits per heavy atom. The van der Waals surface area contributed by atoms with Gasteiger partial charge in [0.2, 0.25) is 0 Å². The SMILES string of the molecule is CCCCCCCCCCCCCCCCCCCCCCCCCCOP(=O)(OCCCCCCCCCCCCCCCC)OCCCCCCCCCCCCCCCC. The number of hydrogen-bond acceptors (Lipinski definition) is 4. The van der Waals surface area contributed by atoms with E-state index in [1.54, 1.807) is 0 Å². The van der Waals surface area contributed by atoms with E-state index in [1.165, 1.54) is 295 Å². The van der Waals surface area contributed by atoms with Crippen LogP contribution in [0.2, 0.25) is 0 Å². The molecule has 0 rings (SSSR count). The van der Waals surface area contributed by atoms with E-state index in [9.17, 15) is 4.57 Å². The Morgan fingerprint density at radius 1 is 0.190 bits per heavy atom. The zero-order chi connectivity index (χ0) is 45.5. The summed E-state index contributed by atoms with van der Waals surface area (Å²) in [6.07, 6.45) is 70.5. The number of phosphoric ester groups is 1. The average Bonchev–Trinajstić information content (AvgIpc) is 3.29. The summed E-state index contributed by atoms with van der Waals surface area (Å²) in [6.45, 7) is 8.33. The molecule has 0 radical (unpaired) electrons. The highest BCUT2D eigenvalue weighted by molar-refractivity contribution is 7.48. The Morgan fingerprint density at radius 3 is 0.429 bits per heavy atom. The fraction of sp³-hybridized carbons (Fsp3) is 1.00. The molecule has 0 spiro atoms. The molecule has 0 amide bonds. The molecular formula is C58H119O4P. The zero-order valence-electron chi connectivity index (χ0n) is 44.0. The summed E-state index contributed by atoms with van der Waals surface area (Å²) >= 11 is 0. The predicted molar refractivity (Wildman–Crippen MR) is 283 cm³/mol. The van der Waals surface area contributed by atoms with Crippen molar-refractivity contribution in [3.8, 4) is 0 Å². The first-order valence-corrected chi connectivity index (χ1v) is 31.2. The third kappa shape index (κ3) is 54.6. The average molecular weight is 912 g/mol. The topological polar surface area (TPSA) is 44.8 Å². The van der Waals surface area contributed by atoms with Crippen molar-refractivity contribution in [3.05, 3.63) is 0 Å². The van der Waals surface area contributed by atoms with Gasteiger partial charge in [0.25, 0.3) is 0 Å². The monoisotopic (exact) mass is 911 g/mol. The maximum Gasteiger partial charge on any atom is 0.474 e. The van der Waals surface area contributed by atoms with Gasteiger partial charge >= 0.3 is 7.82 Å². The summed E-state index contributed by atoms with van der Waals surface area (Å²) in [7, 11) is -3.49. The van der Waals surface area contributed by atoms with E-state index in [2.05, 4.69) is 20.8 Å². The molecule has 5 heteroatoms. The van der Waals surface area contributed by atoms with Gasteiger partial charge in [0, 0.05) is 0 Å². The van der Waals surface area contributed by atoms with E-state index >= 15 is 0 Å². The Balaban J connectivity index is 3.99. The first-order valence-electron chi connectivity index (χ1n) is 29.7. The van der Waals surface area contributed by atoms with Crippen molar-refractivity contribution < 1.29 is 18.1 Å². The molecule has 0 atom stereocenters. The van der Waals surface area contributed by atoms with Crippen molar-refractivity contribution in [2.75, 3.05) is 19.8 Å². The Bertz CT molecular complexity index is 813. The van der Waals surface area contributed by atoms with Gasteiger partial charge in [-0.1, -0.05) is 335 Å². The molecule has 0 aliphatic carbocycles. The minimum absolute atomic E-state index is 0.480. The highest BCUT2D eigenvalue weighted by atomic mass is 31.2. The van der Waals surface area contributed by atoms with Crippen LogP contribution in [0, 0.1) is 0 Å². The summed E-state index contributed by atoms with van der Waals surface area (Å²) in [5, 5.41) is 0. The highest BCUT2D eigenvalue weighted by Gasteiger charge is 2.26. The van der Waals surface area contributed by atoms with Gasteiger partial charge in [-0.3, -0.25) is 13.6 Å². The lowest BCUT2D eigenvalue weighted by molar-refractivity contribution is 0.108. The molecule has 0 bridgehead atoms. The number of unbranched alkanes of at least 4 members (excludes halogenated alkanes) is 49. The van der Waals surface area contributed by atoms with Crippen molar-refractivity contribution in [3.63, 3.8) is 0 Å². The second-order valence-electron chi connectivity index (χ2n) is 20.3. The van der Waals surface area contributed by atoms with Crippen molar-refractivity contribution in [1.82, 2.24) is 0 Å². The molecule has 0 unspecified atom stereocenters. The maximum absolute atomic E-state index is 13.6. The fourth-order valence-electron chi connectivity index (χ4n) is 9.30. The van der Waals surface area contributed by atoms with Gasteiger partial charge in [-0.25, -0.2) is 4.57 Å². The quantitative estimate of drug-likeness (QED) is 0.0450. The molecule has 0 N–H and O–H groups in total. The van der Waals surface area contributed by atoms with Crippen LogP contribution in [0.25, 0.3) is 0 Å². The minimum atomic E-state index is -3.49. The highest BCUT2D eigenvalue weighted by Crippen LogP contribution is 2.50. The summed E-state index contributed by atoms with van der Waals surface area (Å²) in [5.41, 5.74) is 0. The van der Waals surface area contributed by atoms with Gasteiger partial charge in [-0.2, -0.15) is 0 Å². The molecule has 0 aromatic rings. The Labute approximate surface area is 398 Å². The second-order valence-corrected chi connectivity index (χ2v) is 21.9. The molecule has 4 nitrogen and oxygen atoms in total. The van der Waals surface area contributed by atoms with Gasteiger partial charge in [-0.15, -0.1) is 0 Å². The molecule has 0 fully saturated rings. The summed E-state index contributed by atoms with van der Waals surface area (Å²) in [5.74, 6) is 0. The van der Waals surface area contributed by atoms with Gasteiger partial charge in [0.15, 0.2) is 0 Å². The molecule has 380 valence electrons. The van der Waals surface area contributed by atoms with Crippen molar-refractivity contribution in [1.29, 1.82) is 0 Å². The predicted octanol–water partition coefficient (Wildman–Crippen LogP) is 22.5. The van der Waals surface area contributed by atoms with Crippen LogP contribution in [0.15, 0.2) is 0 Å². The largest absolute Gasteiger partial charge is 0.474 e. The van der Waals surface area contributed by atoms with Crippen LogP contribution < -0.4 is 0 Å². The minimum Gasteiger partial charge on any atom is -0.287 e. The van der Waals surface area contributed by atoms with Gasteiger partial charge in [-0.05, 0) is 19.3 Å². The fourth-order valence-corrected chi connectivity index (χ4v) is 10.6. The smallest absolute Gasteiger partial charge is 0.287 e. The Kier molecular flexibility index (Phi) is 56.5. The van der Waals surface area contributed by atoms with E-state index in [1.807, 2.05) is 0 Å². The van der Waals surface area contributed by atoms with E-state index < -0.39 is 7.82 Å². The van der Waals surface area contributed by atoms with Crippen molar-refractivity contribution >= 4 is 7.82 Å². The van der Waals surface area contributed by atoms with Gasteiger partial charge < -0.3 is 0 Å². The number of hydrogen-bond donors (Lipinski definition) is 0. The molecule has 0 saturated carbocycles. The molecule has 0 saturated heterocycles. The van der Waals surface area contributed by atoms with Crippen LogP contribution in [0.1, 0.15) is 355 Å². The Hall–Kier alpha value is 0.110.